The van der Waals surface area contributed by atoms with Crippen molar-refractivity contribution in [3.8, 4) is 11.5 Å². The number of hydrogen-bond donors (Lipinski definition) is 3. The van der Waals surface area contributed by atoms with Crippen LogP contribution >= 0.6 is 0 Å². The van der Waals surface area contributed by atoms with Crippen LogP contribution in [0.2, 0.25) is 0 Å². The van der Waals surface area contributed by atoms with E-state index in [9.17, 15) is 24.6 Å². The SMILES string of the molecule is CCC[C@@](C)(NC(=O)C1CC(C(=O)O)C1C(=O)O)c1ccc(Oc2ccccc2)cc1. The minimum absolute atomic E-state index is 0.0319. The van der Waals surface area contributed by atoms with E-state index < -0.39 is 41.1 Å². The molecule has 0 aliphatic heterocycles. The molecule has 0 bridgehead atoms. The molecular formula is C24H27NO6. The van der Waals surface area contributed by atoms with Crippen molar-refractivity contribution in [2.24, 2.45) is 17.8 Å². The van der Waals surface area contributed by atoms with Crippen molar-refractivity contribution in [2.75, 3.05) is 0 Å². The summed E-state index contributed by atoms with van der Waals surface area (Å²) in [5, 5.41) is 21.5. The molecule has 1 fully saturated rings. The first kappa shape index (κ1) is 22.3. The maximum atomic E-state index is 12.9. The van der Waals surface area contributed by atoms with E-state index in [1.54, 1.807) is 0 Å². The number of aliphatic carboxylic acids is 2. The van der Waals surface area contributed by atoms with Crippen LogP contribution in [0.5, 0.6) is 11.5 Å². The third-order valence-corrected chi connectivity index (χ3v) is 5.93. The molecule has 3 unspecified atom stereocenters. The van der Waals surface area contributed by atoms with E-state index in [1.807, 2.05) is 68.4 Å². The van der Waals surface area contributed by atoms with Gasteiger partial charge in [-0.25, -0.2) is 0 Å². The third-order valence-electron chi connectivity index (χ3n) is 5.93. The number of hydrogen-bond acceptors (Lipinski definition) is 4. The van der Waals surface area contributed by atoms with Gasteiger partial charge in [-0.1, -0.05) is 43.7 Å². The first-order chi connectivity index (χ1) is 14.7. The van der Waals surface area contributed by atoms with Crippen LogP contribution < -0.4 is 10.1 Å². The Morgan fingerprint density at radius 3 is 2.13 bits per heavy atom. The molecule has 2 aromatic rings. The molecule has 1 saturated carbocycles. The number of carboxylic acid groups (broad SMARTS) is 2. The first-order valence-corrected chi connectivity index (χ1v) is 10.4. The van der Waals surface area contributed by atoms with E-state index >= 15 is 0 Å². The fourth-order valence-electron chi connectivity index (χ4n) is 4.18. The largest absolute Gasteiger partial charge is 0.481 e. The second kappa shape index (κ2) is 9.20. The predicted octanol–water partition coefficient (Wildman–Crippen LogP) is 4.03. The van der Waals surface area contributed by atoms with Crippen LogP contribution in [0, 0.1) is 17.8 Å². The fourth-order valence-corrected chi connectivity index (χ4v) is 4.18. The van der Waals surface area contributed by atoms with Crippen LogP contribution in [-0.2, 0) is 19.9 Å². The van der Waals surface area contributed by atoms with E-state index in [-0.39, 0.29) is 6.42 Å². The summed E-state index contributed by atoms with van der Waals surface area (Å²) < 4.78 is 5.82. The van der Waals surface area contributed by atoms with E-state index in [0.29, 0.717) is 12.2 Å². The smallest absolute Gasteiger partial charge is 0.308 e. The van der Waals surface area contributed by atoms with E-state index in [4.69, 9.17) is 4.74 Å². The Kier molecular flexibility index (Phi) is 6.63. The number of benzene rings is 2. The summed E-state index contributed by atoms with van der Waals surface area (Å²) in [5.74, 6) is -4.56. The van der Waals surface area contributed by atoms with Gasteiger partial charge in [-0.15, -0.1) is 0 Å². The summed E-state index contributed by atoms with van der Waals surface area (Å²) >= 11 is 0. The molecule has 31 heavy (non-hydrogen) atoms. The summed E-state index contributed by atoms with van der Waals surface area (Å²) in [5.41, 5.74) is 0.151. The Morgan fingerprint density at radius 2 is 1.58 bits per heavy atom. The van der Waals surface area contributed by atoms with Gasteiger partial charge >= 0.3 is 11.9 Å². The van der Waals surface area contributed by atoms with Gasteiger partial charge in [0, 0.05) is 0 Å². The van der Waals surface area contributed by atoms with Gasteiger partial charge < -0.3 is 20.3 Å². The van der Waals surface area contributed by atoms with Crippen molar-refractivity contribution in [3.63, 3.8) is 0 Å². The number of amides is 1. The van der Waals surface area contributed by atoms with Crippen LogP contribution in [0.15, 0.2) is 54.6 Å². The van der Waals surface area contributed by atoms with Gasteiger partial charge in [-0.2, -0.15) is 0 Å². The quantitative estimate of drug-likeness (QED) is 0.559. The zero-order valence-corrected chi connectivity index (χ0v) is 17.6. The maximum absolute atomic E-state index is 12.9. The van der Waals surface area contributed by atoms with Gasteiger partial charge in [-0.05, 0) is 49.6 Å². The van der Waals surface area contributed by atoms with Crippen molar-refractivity contribution in [1.82, 2.24) is 5.32 Å². The topological polar surface area (TPSA) is 113 Å². The Bertz CT molecular complexity index is 942. The zero-order valence-electron chi connectivity index (χ0n) is 17.6. The zero-order chi connectivity index (χ0) is 22.6. The highest BCUT2D eigenvalue weighted by Gasteiger charge is 2.53. The third kappa shape index (κ3) is 4.87. The van der Waals surface area contributed by atoms with Crippen LogP contribution in [0.1, 0.15) is 38.7 Å². The number of carbonyl (C=O) groups excluding carboxylic acids is 1. The van der Waals surface area contributed by atoms with Crippen LogP contribution in [0.4, 0.5) is 0 Å². The highest BCUT2D eigenvalue weighted by molar-refractivity contribution is 5.91. The molecule has 1 amide bonds. The number of carbonyl (C=O) groups is 3. The Labute approximate surface area is 181 Å². The van der Waals surface area contributed by atoms with Crippen molar-refractivity contribution < 1.29 is 29.3 Å². The number of carboxylic acids is 2. The molecule has 0 heterocycles. The average Bonchev–Trinajstić information content (AvgIpc) is 2.68. The maximum Gasteiger partial charge on any atom is 0.308 e. The lowest BCUT2D eigenvalue weighted by atomic mass is 9.64. The standard InChI is InChI=1S/C24H27NO6/c1-3-13-24(2,25-21(26)18-14-19(22(27)28)20(18)23(29)30)15-9-11-17(12-10-15)31-16-7-5-4-6-8-16/h4-12,18-20H,3,13-14H2,1-2H3,(H,25,26)(H,27,28)(H,29,30)/t18?,19?,20?,24-/m1/s1. The molecule has 1 aliphatic carbocycles. The Hall–Kier alpha value is -3.35. The Balaban J connectivity index is 1.74. The second-order valence-corrected chi connectivity index (χ2v) is 8.16. The van der Waals surface area contributed by atoms with Gasteiger partial charge in [0.05, 0.1) is 23.3 Å². The number of nitrogens with one attached hydrogen (secondary N) is 1. The van der Waals surface area contributed by atoms with Crippen molar-refractivity contribution in [3.05, 3.63) is 60.2 Å². The summed E-state index contributed by atoms with van der Waals surface area (Å²) in [7, 11) is 0. The number of para-hydroxylation sites is 1. The molecule has 2 aromatic carbocycles. The molecule has 3 rings (SSSR count). The minimum Gasteiger partial charge on any atom is -0.481 e. The van der Waals surface area contributed by atoms with Gasteiger partial charge in [0.2, 0.25) is 5.91 Å². The molecule has 164 valence electrons. The van der Waals surface area contributed by atoms with Crippen LogP contribution in [-0.4, -0.2) is 28.1 Å². The molecule has 0 aromatic heterocycles. The number of ether oxygens (including phenoxy) is 1. The normalized spacial score (nSPS) is 21.9. The molecule has 7 nitrogen and oxygen atoms in total. The predicted molar refractivity (Wildman–Crippen MR) is 114 cm³/mol. The molecule has 0 spiro atoms. The Morgan fingerprint density at radius 1 is 0.968 bits per heavy atom. The molecule has 1 aliphatic rings. The van der Waals surface area contributed by atoms with Gasteiger partial charge in [0.25, 0.3) is 0 Å². The van der Waals surface area contributed by atoms with Crippen LogP contribution in [0.25, 0.3) is 0 Å². The molecule has 4 atom stereocenters. The van der Waals surface area contributed by atoms with E-state index in [1.165, 1.54) is 0 Å². The molecule has 7 heteroatoms. The summed E-state index contributed by atoms with van der Waals surface area (Å²) in [4.78, 5) is 35.6. The monoisotopic (exact) mass is 425 g/mol. The van der Waals surface area contributed by atoms with E-state index in [2.05, 4.69) is 5.32 Å². The summed E-state index contributed by atoms with van der Waals surface area (Å²) in [6.07, 6.45) is 1.47. The van der Waals surface area contributed by atoms with E-state index in [0.717, 1.165) is 17.7 Å². The molecule has 0 saturated heterocycles. The van der Waals surface area contributed by atoms with Crippen molar-refractivity contribution in [2.45, 2.75) is 38.6 Å². The molecule has 3 N–H and O–H groups in total. The lowest BCUT2D eigenvalue weighted by molar-refractivity contribution is -0.169. The fraction of sp³-hybridized carbons (Fsp3) is 0.375. The second-order valence-electron chi connectivity index (χ2n) is 8.16. The number of rotatable bonds is 9. The molecule has 0 radical (unpaired) electrons. The van der Waals surface area contributed by atoms with Gasteiger partial charge in [-0.3, -0.25) is 14.4 Å². The summed E-state index contributed by atoms with van der Waals surface area (Å²) in [6.45, 7) is 3.89. The molecular weight excluding hydrogens is 398 g/mol. The lowest BCUT2D eigenvalue weighted by Gasteiger charge is -2.41. The van der Waals surface area contributed by atoms with Gasteiger partial charge in [0.1, 0.15) is 11.5 Å². The average molecular weight is 425 g/mol. The van der Waals surface area contributed by atoms with Crippen molar-refractivity contribution >= 4 is 17.8 Å². The van der Waals surface area contributed by atoms with Crippen LogP contribution in [0.3, 0.4) is 0 Å². The first-order valence-electron chi connectivity index (χ1n) is 10.4. The lowest BCUT2D eigenvalue weighted by Crippen LogP contribution is -2.56. The van der Waals surface area contributed by atoms with Crippen molar-refractivity contribution in [1.29, 1.82) is 0 Å². The minimum atomic E-state index is -1.25. The summed E-state index contributed by atoms with van der Waals surface area (Å²) in [6, 6.07) is 16.8. The van der Waals surface area contributed by atoms with Gasteiger partial charge in [0.15, 0.2) is 0 Å². The highest BCUT2D eigenvalue weighted by atomic mass is 16.5. The highest BCUT2D eigenvalue weighted by Crippen LogP contribution is 2.42.